The molecule has 2 heterocycles. The topological polar surface area (TPSA) is 85.3 Å². The van der Waals surface area contributed by atoms with Gasteiger partial charge in [0.1, 0.15) is 31.2 Å². The number of hydrogen-bond donors (Lipinski definition) is 1. The lowest BCUT2D eigenvalue weighted by molar-refractivity contribution is -0.156. The molecule has 2 aliphatic heterocycles. The second kappa shape index (κ2) is 11.4. The monoisotopic (exact) mass is 471 g/mol. The summed E-state index contributed by atoms with van der Waals surface area (Å²) >= 11 is 0. The molecule has 2 aliphatic rings. The molecular formula is C26H30FNO6. The van der Waals surface area contributed by atoms with Gasteiger partial charge >= 0.3 is 5.97 Å². The van der Waals surface area contributed by atoms with E-state index in [4.69, 9.17) is 14.2 Å². The first-order chi connectivity index (χ1) is 16.5. The number of halogens is 1. The van der Waals surface area contributed by atoms with Crippen LogP contribution >= 0.6 is 0 Å². The molecule has 8 heteroatoms. The number of aliphatic hydroxyl groups is 1. The highest BCUT2D eigenvalue weighted by Crippen LogP contribution is 2.34. The maximum absolute atomic E-state index is 13.0. The van der Waals surface area contributed by atoms with Gasteiger partial charge in [-0.2, -0.15) is 0 Å². The number of fused-ring (bicyclic) bond motifs is 1. The Morgan fingerprint density at radius 3 is 2.44 bits per heavy atom. The molecular weight excluding hydrogens is 441 g/mol. The fourth-order valence-corrected chi connectivity index (χ4v) is 4.28. The third kappa shape index (κ3) is 6.33. The fraction of sp³-hybridized carbons (Fsp3) is 0.462. The molecule has 2 aromatic rings. The van der Waals surface area contributed by atoms with Crippen LogP contribution in [0.15, 0.2) is 42.5 Å². The van der Waals surface area contributed by atoms with E-state index < -0.39 is 24.0 Å². The highest BCUT2D eigenvalue weighted by molar-refractivity contribution is 5.96. The molecule has 2 atom stereocenters. The summed E-state index contributed by atoms with van der Waals surface area (Å²) in [5.74, 6) is 0.167. The van der Waals surface area contributed by atoms with Gasteiger partial charge in [-0.05, 0) is 74.3 Å². The lowest BCUT2D eigenvalue weighted by Gasteiger charge is -2.28. The van der Waals surface area contributed by atoms with E-state index in [0.717, 1.165) is 25.9 Å². The molecule has 0 spiro atoms. The van der Waals surface area contributed by atoms with Crippen LogP contribution in [0.25, 0.3) is 0 Å². The quantitative estimate of drug-likeness (QED) is 0.418. The predicted octanol–water partition coefficient (Wildman–Crippen LogP) is 3.69. The minimum Gasteiger partial charge on any atom is -0.486 e. The number of rotatable bonds is 10. The van der Waals surface area contributed by atoms with Crippen LogP contribution in [0.4, 0.5) is 4.39 Å². The Bertz CT molecular complexity index is 989. The van der Waals surface area contributed by atoms with Gasteiger partial charge in [0.25, 0.3) is 0 Å². The smallest absolute Gasteiger partial charge is 0.306 e. The average molecular weight is 472 g/mol. The van der Waals surface area contributed by atoms with Crippen molar-refractivity contribution in [2.24, 2.45) is 0 Å². The first kappa shape index (κ1) is 24.2. The first-order valence-corrected chi connectivity index (χ1v) is 11.8. The molecule has 7 nitrogen and oxygen atoms in total. The predicted molar refractivity (Wildman–Crippen MR) is 123 cm³/mol. The largest absolute Gasteiger partial charge is 0.486 e. The molecule has 34 heavy (non-hydrogen) atoms. The van der Waals surface area contributed by atoms with Crippen molar-refractivity contribution in [2.45, 2.75) is 44.3 Å². The lowest BCUT2D eigenvalue weighted by Crippen LogP contribution is -2.37. The van der Waals surface area contributed by atoms with Crippen molar-refractivity contribution >= 4 is 11.8 Å². The van der Waals surface area contributed by atoms with E-state index in [1.807, 2.05) is 0 Å². The fourth-order valence-electron chi connectivity index (χ4n) is 4.28. The highest BCUT2D eigenvalue weighted by Gasteiger charge is 2.29. The Morgan fingerprint density at radius 2 is 1.71 bits per heavy atom. The number of Topliss-reactive ketones (excluding diaryl/α,β-unsaturated/α-hetero) is 1. The van der Waals surface area contributed by atoms with Crippen LogP contribution in [-0.4, -0.2) is 60.7 Å². The lowest BCUT2D eigenvalue weighted by atomic mass is 10.0. The Morgan fingerprint density at radius 1 is 1.00 bits per heavy atom. The van der Waals surface area contributed by atoms with E-state index in [1.54, 1.807) is 18.2 Å². The molecule has 1 N–H and O–H groups in total. The summed E-state index contributed by atoms with van der Waals surface area (Å²) in [6.07, 6.45) is 0.895. The molecule has 0 aromatic heterocycles. The second-order valence-corrected chi connectivity index (χ2v) is 8.67. The number of benzene rings is 2. The maximum Gasteiger partial charge on any atom is 0.306 e. The van der Waals surface area contributed by atoms with Gasteiger partial charge in [-0.25, -0.2) is 4.39 Å². The van der Waals surface area contributed by atoms with Gasteiger partial charge in [0.05, 0.1) is 0 Å². The summed E-state index contributed by atoms with van der Waals surface area (Å²) in [6.45, 7) is 3.14. The Kier molecular flexibility index (Phi) is 8.13. The van der Waals surface area contributed by atoms with Gasteiger partial charge in [0, 0.05) is 24.9 Å². The van der Waals surface area contributed by atoms with Gasteiger partial charge in [0.15, 0.2) is 17.3 Å². The van der Waals surface area contributed by atoms with Crippen LogP contribution in [0.2, 0.25) is 0 Å². The Labute approximate surface area is 198 Å². The van der Waals surface area contributed by atoms with Crippen molar-refractivity contribution in [1.82, 2.24) is 4.90 Å². The summed E-state index contributed by atoms with van der Waals surface area (Å²) in [5, 5.41) is 11.1. The van der Waals surface area contributed by atoms with Crippen LogP contribution in [0, 0.1) is 5.82 Å². The number of ether oxygens (including phenoxy) is 3. The number of aliphatic hydroxyl groups excluding tert-OH is 1. The number of nitrogens with zero attached hydrogens (tertiary/aromatic N) is 1. The van der Waals surface area contributed by atoms with Crippen molar-refractivity contribution in [3.8, 4) is 11.5 Å². The summed E-state index contributed by atoms with van der Waals surface area (Å²) in [4.78, 5) is 27.0. The van der Waals surface area contributed by atoms with Gasteiger partial charge < -0.3 is 19.3 Å². The molecule has 2 unspecified atom stereocenters. The third-order valence-corrected chi connectivity index (χ3v) is 6.13. The molecule has 0 radical (unpaired) electrons. The van der Waals surface area contributed by atoms with E-state index in [2.05, 4.69) is 4.90 Å². The van der Waals surface area contributed by atoms with Crippen LogP contribution in [0.5, 0.6) is 11.5 Å². The van der Waals surface area contributed by atoms with Crippen molar-refractivity contribution in [2.75, 3.05) is 32.8 Å². The van der Waals surface area contributed by atoms with Crippen molar-refractivity contribution < 1.29 is 33.3 Å². The van der Waals surface area contributed by atoms with Crippen LogP contribution in [0.3, 0.4) is 0 Å². The summed E-state index contributed by atoms with van der Waals surface area (Å²) < 4.78 is 29.9. The minimum absolute atomic E-state index is 0.0529. The van der Waals surface area contributed by atoms with Crippen LogP contribution < -0.4 is 9.47 Å². The van der Waals surface area contributed by atoms with E-state index in [-0.39, 0.29) is 18.6 Å². The van der Waals surface area contributed by atoms with E-state index in [0.29, 0.717) is 48.8 Å². The number of likely N-dealkylation sites (tertiary alicyclic amines) is 1. The van der Waals surface area contributed by atoms with Gasteiger partial charge in [-0.15, -0.1) is 0 Å². The second-order valence-electron chi connectivity index (χ2n) is 8.67. The Balaban J connectivity index is 1.35. The zero-order valence-electron chi connectivity index (χ0n) is 19.1. The van der Waals surface area contributed by atoms with E-state index >= 15 is 0 Å². The average Bonchev–Trinajstić information content (AvgIpc) is 3.36. The zero-order chi connectivity index (χ0) is 23.9. The minimum atomic E-state index is -1.03. The summed E-state index contributed by atoms with van der Waals surface area (Å²) in [5.41, 5.74) is 1.00. The molecule has 1 saturated heterocycles. The highest BCUT2D eigenvalue weighted by atomic mass is 19.1. The molecule has 0 aliphatic carbocycles. The summed E-state index contributed by atoms with van der Waals surface area (Å²) in [6, 6.07) is 10.6. The number of ketones is 1. The molecule has 4 rings (SSSR count). The number of carbonyl (C=O) groups is 2. The van der Waals surface area contributed by atoms with Gasteiger partial charge in [0.2, 0.25) is 0 Å². The van der Waals surface area contributed by atoms with Gasteiger partial charge in [-0.1, -0.05) is 6.07 Å². The maximum atomic E-state index is 13.0. The van der Waals surface area contributed by atoms with E-state index in [9.17, 15) is 19.1 Å². The molecule has 182 valence electrons. The normalized spacial score (nSPS) is 17.2. The van der Waals surface area contributed by atoms with Gasteiger partial charge in [-0.3, -0.25) is 14.5 Å². The number of esters is 1. The standard InChI is InChI=1S/C26H30FNO6/c27-20-9-6-18(7-10-20)21(29)4-3-5-25(30)34-24(17-28-12-1-2-13-28)26(31)19-8-11-22-23(16-19)33-15-14-32-22/h6-11,16,24,26,31H,1-5,12-15,17H2. The Hall–Kier alpha value is -2.97. The molecule has 0 saturated carbocycles. The van der Waals surface area contributed by atoms with Crippen molar-refractivity contribution in [3.05, 3.63) is 59.4 Å². The molecule has 0 bridgehead atoms. The first-order valence-electron chi connectivity index (χ1n) is 11.8. The molecule has 0 amide bonds. The van der Waals surface area contributed by atoms with Crippen molar-refractivity contribution in [1.29, 1.82) is 0 Å². The number of carbonyl (C=O) groups excluding carboxylic acids is 2. The summed E-state index contributed by atoms with van der Waals surface area (Å²) in [7, 11) is 0. The molecule has 1 fully saturated rings. The van der Waals surface area contributed by atoms with Crippen LogP contribution in [-0.2, 0) is 9.53 Å². The zero-order valence-corrected chi connectivity index (χ0v) is 19.1. The molecule has 2 aromatic carbocycles. The third-order valence-electron chi connectivity index (χ3n) is 6.13. The SMILES string of the molecule is O=C(CCCC(=O)c1ccc(F)cc1)OC(CN1CCCC1)C(O)c1ccc2c(c1)OCCO2. The van der Waals surface area contributed by atoms with Crippen molar-refractivity contribution in [3.63, 3.8) is 0 Å². The van der Waals surface area contributed by atoms with Crippen LogP contribution in [0.1, 0.15) is 54.1 Å². The van der Waals surface area contributed by atoms with E-state index in [1.165, 1.54) is 24.3 Å². The number of hydrogen-bond acceptors (Lipinski definition) is 7.